The Bertz CT molecular complexity index is 1110. The molecule has 2 aliphatic rings. The van der Waals surface area contributed by atoms with Gasteiger partial charge in [0.1, 0.15) is 28.9 Å². The van der Waals surface area contributed by atoms with Gasteiger partial charge in [0.05, 0.1) is 5.75 Å². The van der Waals surface area contributed by atoms with Crippen LogP contribution in [0, 0.1) is 12.8 Å². The Morgan fingerprint density at radius 3 is 2.93 bits per heavy atom. The molecule has 1 aromatic carbocycles. The van der Waals surface area contributed by atoms with E-state index in [0.717, 1.165) is 34.4 Å². The summed E-state index contributed by atoms with van der Waals surface area (Å²) >= 11 is 3.31. The molecule has 0 N–H and O–H groups in total. The number of benzene rings is 1. The summed E-state index contributed by atoms with van der Waals surface area (Å²) in [6, 6.07) is 5.41. The molecule has 0 spiro atoms. The number of aryl methyl sites for hydroxylation is 2. The van der Waals surface area contributed by atoms with Crippen molar-refractivity contribution in [2.24, 2.45) is 5.92 Å². The smallest absolute Gasteiger partial charge is 0.173 e. The second-order valence-corrected chi connectivity index (χ2v) is 9.73. The number of ketones is 1. The van der Waals surface area contributed by atoms with Crippen LogP contribution >= 0.6 is 23.1 Å². The van der Waals surface area contributed by atoms with Gasteiger partial charge in [0.15, 0.2) is 17.3 Å². The monoisotopic (exact) mass is 426 g/mol. The van der Waals surface area contributed by atoms with Crippen LogP contribution in [0.3, 0.4) is 0 Å². The second-order valence-electron chi connectivity index (χ2n) is 7.68. The molecule has 1 aliphatic carbocycles. The van der Waals surface area contributed by atoms with E-state index in [1.54, 1.807) is 17.4 Å². The van der Waals surface area contributed by atoms with E-state index < -0.39 is 0 Å². The van der Waals surface area contributed by atoms with E-state index in [9.17, 15) is 4.79 Å². The lowest BCUT2D eigenvalue weighted by molar-refractivity contribution is 0.102. The van der Waals surface area contributed by atoms with Gasteiger partial charge in [-0.1, -0.05) is 18.7 Å². The molecule has 29 heavy (non-hydrogen) atoms. The molecule has 2 aromatic heterocycles. The lowest BCUT2D eigenvalue weighted by Crippen LogP contribution is -2.16. The Morgan fingerprint density at radius 1 is 1.24 bits per heavy atom. The SMILES string of the molecule is Cc1nc(SCC(=O)c2ccc3c(c2)OCCO3)c2c3c(sc2n1)C[C@@H](C)CC3. The first kappa shape index (κ1) is 18.9. The first-order chi connectivity index (χ1) is 14.1. The first-order valence-corrected chi connectivity index (χ1v) is 11.7. The van der Waals surface area contributed by atoms with Crippen LogP contribution in [-0.2, 0) is 12.8 Å². The minimum Gasteiger partial charge on any atom is -0.486 e. The summed E-state index contributed by atoms with van der Waals surface area (Å²) in [5.41, 5.74) is 2.04. The number of hydrogen-bond donors (Lipinski definition) is 0. The average molecular weight is 427 g/mol. The van der Waals surface area contributed by atoms with Crippen LogP contribution in [0.5, 0.6) is 11.5 Å². The topological polar surface area (TPSA) is 61.3 Å². The highest BCUT2D eigenvalue weighted by atomic mass is 32.2. The Balaban J connectivity index is 1.41. The molecule has 1 atom stereocenters. The standard InChI is InChI=1S/C22H22N2O3S2/c1-12-3-5-15-19(9-12)29-22-20(15)21(23-13(2)24-22)28-11-16(25)14-4-6-17-18(10-14)27-8-7-26-17/h4,6,10,12H,3,5,7-9,11H2,1-2H3/t12-/m0/s1. The fourth-order valence-corrected chi connectivity index (χ4v) is 6.44. The molecule has 0 radical (unpaired) electrons. The summed E-state index contributed by atoms with van der Waals surface area (Å²) in [6.45, 7) is 5.29. The summed E-state index contributed by atoms with van der Waals surface area (Å²) in [6.07, 6.45) is 3.40. The van der Waals surface area contributed by atoms with E-state index in [1.807, 2.05) is 19.1 Å². The van der Waals surface area contributed by atoms with Crippen LogP contribution in [-0.4, -0.2) is 34.7 Å². The van der Waals surface area contributed by atoms with Crippen LogP contribution in [0.4, 0.5) is 0 Å². The number of carbonyl (C=O) groups is 1. The molecule has 0 saturated carbocycles. The Hall–Kier alpha value is -2.12. The molecule has 0 bridgehead atoms. The number of thioether (sulfide) groups is 1. The van der Waals surface area contributed by atoms with Crippen molar-refractivity contribution in [2.45, 2.75) is 38.1 Å². The summed E-state index contributed by atoms with van der Waals surface area (Å²) < 4.78 is 11.2. The second kappa shape index (κ2) is 7.61. The van der Waals surface area contributed by atoms with Crippen molar-refractivity contribution >= 4 is 39.1 Å². The van der Waals surface area contributed by atoms with Gasteiger partial charge in [-0.15, -0.1) is 11.3 Å². The molecular formula is C22H22N2O3S2. The largest absolute Gasteiger partial charge is 0.486 e. The third-order valence-electron chi connectivity index (χ3n) is 5.44. The third kappa shape index (κ3) is 3.62. The molecule has 0 saturated heterocycles. The normalized spacial score (nSPS) is 17.9. The van der Waals surface area contributed by atoms with Crippen molar-refractivity contribution in [3.05, 3.63) is 40.0 Å². The van der Waals surface area contributed by atoms with Crippen molar-refractivity contribution in [2.75, 3.05) is 19.0 Å². The van der Waals surface area contributed by atoms with Gasteiger partial charge in [0.2, 0.25) is 0 Å². The first-order valence-electron chi connectivity index (χ1n) is 9.93. The molecule has 7 heteroatoms. The third-order valence-corrected chi connectivity index (χ3v) is 7.56. The minimum atomic E-state index is 0.0640. The van der Waals surface area contributed by atoms with Crippen LogP contribution in [0.15, 0.2) is 23.2 Å². The molecule has 0 fully saturated rings. The lowest BCUT2D eigenvalue weighted by atomic mass is 9.89. The number of fused-ring (bicyclic) bond motifs is 4. The van der Waals surface area contributed by atoms with Gasteiger partial charge in [-0.3, -0.25) is 4.79 Å². The lowest BCUT2D eigenvalue weighted by Gasteiger charge is -2.18. The zero-order valence-electron chi connectivity index (χ0n) is 16.5. The number of hydrogen-bond acceptors (Lipinski definition) is 7. The van der Waals surface area contributed by atoms with E-state index in [2.05, 4.69) is 11.9 Å². The van der Waals surface area contributed by atoms with Gasteiger partial charge in [-0.25, -0.2) is 9.97 Å². The van der Waals surface area contributed by atoms with Crippen LogP contribution in [0.2, 0.25) is 0 Å². The van der Waals surface area contributed by atoms with E-state index in [0.29, 0.717) is 36.0 Å². The fourth-order valence-electron chi connectivity index (χ4n) is 3.95. The van der Waals surface area contributed by atoms with Crippen molar-refractivity contribution in [1.82, 2.24) is 9.97 Å². The van der Waals surface area contributed by atoms with E-state index in [-0.39, 0.29) is 5.78 Å². The summed E-state index contributed by atoms with van der Waals surface area (Å²) in [4.78, 5) is 24.7. The van der Waals surface area contributed by atoms with Gasteiger partial charge in [-0.2, -0.15) is 0 Å². The molecule has 3 heterocycles. The predicted molar refractivity (Wildman–Crippen MR) is 116 cm³/mol. The van der Waals surface area contributed by atoms with Gasteiger partial charge in [0.25, 0.3) is 0 Å². The molecule has 0 unspecified atom stereocenters. The van der Waals surface area contributed by atoms with Gasteiger partial charge in [-0.05, 0) is 55.9 Å². The maximum Gasteiger partial charge on any atom is 0.173 e. The highest BCUT2D eigenvalue weighted by Gasteiger charge is 2.24. The van der Waals surface area contributed by atoms with Crippen molar-refractivity contribution < 1.29 is 14.3 Å². The highest BCUT2D eigenvalue weighted by molar-refractivity contribution is 8.00. The molecule has 3 aromatic rings. The van der Waals surface area contributed by atoms with Gasteiger partial charge >= 0.3 is 0 Å². The Labute approximate surface area is 177 Å². The molecule has 0 amide bonds. The zero-order chi connectivity index (χ0) is 20.0. The fraction of sp³-hybridized carbons (Fsp3) is 0.409. The zero-order valence-corrected chi connectivity index (χ0v) is 18.1. The van der Waals surface area contributed by atoms with Gasteiger partial charge < -0.3 is 9.47 Å². The van der Waals surface area contributed by atoms with E-state index in [1.165, 1.54) is 34.0 Å². The molecule has 5 rings (SSSR count). The Morgan fingerprint density at radius 2 is 2.07 bits per heavy atom. The molecule has 150 valence electrons. The highest BCUT2D eigenvalue weighted by Crippen LogP contribution is 2.41. The van der Waals surface area contributed by atoms with E-state index in [4.69, 9.17) is 14.5 Å². The number of aromatic nitrogens is 2. The number of carbonyl (C=O) groups excluding carboxylic acids is 1. The summed E-state index contributed by atoms with van der Waals surface area (Å²) in [5, 5.41) is 2.10. The number of Topliss-reactive ketones (excluding diaryl/α,β-unsaturated/α-hetero) is 1. The average Bonchev–Trinajstić information content (AvgIpc) is 3.08. The molecule has 5 nitrogen and oxygen atoms in total. The summed E-state index contributed by atoms with van der Waals surface area (Å²) in [7, 11) is 0. The van der Waals surface area contributed by atoms with Crippen molar-refractivity contribution in [1.29, 1.82) is 0 Å². The number of thiophene rings is 1. The number of nitrogens with zero attached hydrogens (tertiary/aromatic N) is 2. The van der Waals surface area contributed by atoms with Gasteiger partial charge in [0, 0.05) is 15.8 Å². The molecular weight excluding hydrogens is 404 g/mol. The molecule has 1 aliphatic heterocycles. The quantitative estimate of drug-likeness (QED) is 0.337. The maximum absolute atomic E-state index is 12.8. The van der Waals surface area contributed by atoms with Crippen molar-refractivity contribution in [3.63, 3.8) is 0 Å². The number of ether oxygens (including phenoxy) is 2. The number of rotatable bonds is 4. The summed E-state index contributed by atoms with van der Waals surface area (Å²) in [5.74, 6) is 3.23. The van der Waals surface area contributed by atoms with Crippen LogP contribution in [0.25, 0.3) is 10.2 Å². The maximum atomic E-state index is 12.8. The minimum absolute atomic E-state index is 0.0640. The predicted octanol–water partition coefficient (Wildman–Crippen LogP) is 4.87. The van der Waals surface area contributed by atoms with Crippen molar-refractivity contribution in [3.8, 4) is 11.5 Å². The Kier molecular flexibility index (Phi) is 4.95. The van der Waals surface area contributed by atoms with Crippen LogP contribution in [0.1, 0.15) is 40.0 Å². The van der Waals surface area contributed by atoms with E-state index >= 15 is 0 Å². The van der Waals surface area contributed by atoms with Crippen LogP contribution < -0.4 is 9.47 Å².